The fourth-order valence-corrected chi connectivity index (χ4v) is 5.25. The van der Waals surface area contributed by atoms with Crippen molar-refractivity contribution in [2.24, 2.45) is 0 Å². The zero-order valence-corrected chi connectivity index (χ0v) is 26.6. The van der Waals surface area contributed by atoms with E-state index in [1.165, 1.54) is 76.7 Å². The third-order valence-electron chi connectivity index (χ3n) is 7.71. The van der Waals surface area contributed by atoms with E-state index >= 15 is 0 Å². The monoisotopic (exact) mass is 594 g/mol. The number of hydrogen-bond acceptors (Lipinski definition) is 4. The fourth-order valence-electron chi connectivity index (χ4n) is 5.25. The number of unbranched alkanes of at least 4 members (excludes halogenated alkanes) is 12. The molecule has 0 aliphatic rings. The summed E-state index contributed by atoms with van der Waals surface area (Å²) in [5.41, 5.74) is 3.11. The maximum Gasteiger partial charge on any atom is 0.342 e. The Labute approximate surface area is 265 Å². The number of carbonyl (C=O) groups is 2. The van der Waals surface area contributed by atoms with E-state index in [9.17, 15) is 9.59 Å². The van der Waals surface area contributed by atoms with Crippen LogP contribution in [0.25, 0.3) is 12.2 Å². The highest BCUT2D eigenvalue weighted by Crippen LogP contribution is 2.26. The quantitative estimate of drug-likeness (QED) is 0.0533. The highest BCUT2D eigenvalue weighted by Gasteiger charge is 2.20. The molecule has 3 aromatic rings. The summed E-state index contributed by atoms with van der Waals surface area (Å²) in [5.74, 6) is -0.787. The average molecular weight is 595 g/mol. The van der Waals surface area contributed by atoms with E-state index in [0.29, 0.717) is 5.56 Å². The largest absolute Gasteiger partial charge is 0.458 e. The summed E-state index contributed by atoms with van der Waals surface area (Å²) in [4.78, 5) is 26.0. The summed E-state index contributed by atoms with van der Waals surface area (Å²) in [6, 6.07) is 24.9. The molecule has 0 aromatic heterocycles. The van der Waals surface area contributed by atoms with Crippen LogP contribution in [-0.2, 0) is 16.0 Å². The Morgan fingerprint density at radius 3 is 1.75 bits per heavy atom. The first-order valence-electron chi connectivity index (χ1n) is 16.6. The van der Waals surface area contributed by atoms with Crippen molar-refractivity contribution in [3.63, 3.8) is 0 Å². The van der Waals surface area contributed by atoms with Crippen LogP contribution in [0.3, 0.4) is 0 Å². The van der Waals surface area contributed by atoms with Gasteiger partial charge in [-0.2, -0.15) is 0 Å². The molecule has 0 heterocycles. The van der Waals surface area contributed by atoms with Crippen molar-refractivity contribution >= 4 is 24.1 Å². The van der Waals surface area contributed by atoms with Crippen molar-refractivity contribution < 1.29 is 19.1 Å². The minimum Gasteiger partial charge on any atom is -0.458 e. The first kappa shape index (κ1) is 34.6. The maximum absolute atomic E-state index is 13.3. The van der Waals surface area contributed by atoms with Crippen molar-refractivity contribution in [2.45, 2.75) is 96.8 Å². The second-order valence-electron chi connectivity index (χ2n) is 11.4. The van der Waals surface area contributed by atoms with E-state index in [1.807, 2.05) is 84.9 Å². The number of ether oxygens (including phenoxy) is 2. The predicted molar refractivity (Wildman–Crippen MR) is 183 cm³/mol. The lowest BCUT2D eigenvalue weighted by Gasteiger charge is -2.13. The number of hydrogen-bond donors (Lipinski definition) is 0. The van der Waals surface area contributed by atoms with Crippen LogP contribution in [0.4, 0.5) is 0 Å². The summed E-state index contributed by atoms with van der Waals surface area (Å²) in [7, 11) is 0. The van der Waals surface area contributed by atoms with Crippen molar-refractivity contribution in [3.8, 4) is 5.75 Å². The Kier molecular flexibility index (Phi) is 17.1. The minimum atomic E-state index is -0.537. The van der Waals surface area contributed by atoms with Gasteiger partial charge in [-0.15, -0.1) is 0 Å². The molecule has 0 atom stereocenters. The highest BCUT2D eigenvalue weighted by molar-refractivity contribution is 5.96. The molecule has 0 amide bonds. The lowest BCUT2D eigenvalue weighted by Crippen LogP contribution is -2.14. The second kappa shape index (κ2) is 21.7. The molecule has 3 aromatic carbocycles. The number of rotatable bonds is 21. The molecule has 4 nitrogen and oxygen atoms in total. The van der Waals surface area contributed by atoms with Gasteiger partial charge in [0.2, 0.25) is 0 Å². The van der Waals surface area contributed by atoms with Gasteiger partial charge < -0.3 is 9.47 Å². The molecule has 3 rings (SSSR count). The molecule has 0 unspecified atom stereocenters. The molecule has 0 radical (unpaired) electrons. The van der Waals surface area contributed by atoms with Gasteiger partial charge in [0.1, 0.15) is 17.9 Å². The van der Waals surface area contributed by atoms with Gasteiger partial charge in [0, 0.05) is 6.08 Å². The van der Waals surface area contributed by atoms with Gasteiger partial charge in [-0.25, -0.2) is 9.59 Å². The summed E-state index contributed by atoms with van der Waals surface area (Å²) >= 11 is 0. The van der Waals surface area contributed by atoms with E-state index in [4.69, 9.17) is 9.47 Å². The van der Waals surface area contributed by atoms with E-state index in [2.05, 4.69) is 6.92 Å². The van der Waals surface area contributed by atoms with Gasteiger partial charge in [0.15, 0.2) is 0 Å². The minimum absolute atomic E-state index is 0.127. The normalized spacial score (nSPS) is 11.3. The van der Waals surface area contributed by atoms with Crippen LogP contribution in [0, 0.1) is 0 Å². The van der Waals surface area contributed by atoms with Crippen LogP contribution in [0.1, 0.15) is 117 Å². The number of esters is 2. The standard InChI is InChI=1S/C40H50O4/c1-2-3-4-5-6-7-8-9-10-11-12-13-20-28-36-29-21-30-37(44-38(41)32-31-35-25-18-15-19-26-35)39(36)40(42)43-33-22-27-34-23-16-14-17-24-34/h14-19,21-27,29-32H,2-13,20,28,33H2,1H3/b27-22+,32-31+. The molecule has 0 aliphatic heterocycles. The molecule has 0 bridgehead atoms. The van der Waals surface area contributed by atoms with Crippen LogP contribution in [0.15, 0.2) is 91.0 Å². The predicted octanol–water partition coefficient (Wildman–Crippen LogP) is 10.8. The van der Waals surface area contributed by atoms with E-state index < -0.39 is 11.9 Å². The Bertz CT molecular complexity index is 1280. The maximum atomic E-state index is 13.3. The molecule has 0 aliphatic carbocycles. The van der Waals surface area contributed by atoms with Gasteiger partial charge in [-0.1, -0.05) is 163 Å². The number of carbonyl (C=O) groups excluding carboxylic acids is 2. The van der Waals surface area contributed by atoms with Crippen LogP contribution >= 0.6 is 0 Å². The zero-order valence-electron chi connectivity index (χ0n) is 26.6. The van der Waals surface area contributed by atoms with Crippen molar-refractivity contribution in [1.82, 2.24) is 0 Å². The summed E-state index contributed by atoms with van der Waals surface area (Å²) in [6.45, 7) is 2.39. The van der Waals surface area contributed by atoms with Crippen LogP contribution < -0.4 is 4.74 Å². The molecule has 0 saturated carbocycles. The van der Waals surface area contributed by atoms with Crippen molar-refractivity contribution in [2.75, 3.05) is 6.61 Å². The molecule has 0 spiro atoms. The topological polar surface area (TPSA) is 52.6 Å². The summed E-state index contributed by atoms with van der Waals surface area (Å²) in [6.07, 6.45) is 24.2. The van der Waals surface area contributed by atoms with E-state index in [-0.39, 0.29) is 12.4 Å². The average Bonchev–Trinajstić information content (AvgIpc) is 3.05. The van der Waals surface area contributed by atoms with Gasteiger partial charge in [-0.05, 0) is 47.8 Å². The van der Waals surface area contributed by atoms with Crippen LogP contribution in [0.2, 0.25) is 0 Å². The van der Waals surface area contributed by atoms with Crippen LogP contribution in [0.5, 0.6) is 5.75 Å². The summed E-state index contributed by atoms with van der Waals surface area (Å²) < 4.78 is 11.3. The van der Waals surface area contributed by atoms with Gasteiger partial charge in [0.05, 0.1) is 0 Å². The SMILES string of the molecule is CCCCCCCCCCCCCCCc1cccc(OC(=O)/C=C/c2ccccc2)c1C(=O)OC/C=C/c1ccccc1. The van der Waals surface area contributed by atoms with Crippen LogP contribution in [-0.4, -0.2) is 18.5 Å². The highest BCUT2D eigenvalue weighted by atomic mass is 16.5. The zero-order chi connectivity index (χ0) is 31.1. The van der Waals surface area contributed by atoms with Crippen molar-refractivity contribution in [3.05, 3.63) is 113 Å². The van der Waals surface area contributed by atoms with Gasteiger partial charge >= 0.3 is 11.9 Å². The molecule has 4 heteroatoms. The second-order valence-corrected chi connectivity index (χ2v) is 11.4. The molecule has 0 fully saturated rings. The van der Waals surface area contributed by atoms with Gasteiger partial charge in [0.25, 0.3) is 0 Å². The summed E-state index contributed by atoms with van der Waals surface area (Å²) in [5, 5.41) is 0. The molecule has 234 valence electrons. The molecular formula is C40H50O4. The molecular weight excluding hydrogens is 544 g/mol. The Hall–Kier alpha value is -3.92. The number of aryl methyl sites for hydroxylation is 1. The Morgan fingerprint density at radius 1 is 0.614 bits per heavy atom. The molecule has 0 saturated heterocycles. The molecule has 44 heavy (non-hydrogen) atoms. The third kappa shape index (κ3) is 14.0. The molecule has 0 N–H and O–H groups in total. The van der Waals surface area contributed by atoms with Gasteiger partial charge in [-0.3, -0.25) is 0 Å². The van der Waals surface area contributed by atoms with E-state index in [0.717, 1.165) is 36.0 Å². The van der Waals surface area contributed by atoms with E-state index in [1.54, 1.807) is 12.1 Å². The number of benzene rings is 3. The Morgan fingerprint density at radius 2 is 1.16 bits per heavy atom. The smallest absolute Gasteiger partial charge is 0.342 e. The lowest BCUT2D eigenvalue weighted by molar-refractivity contribution is -0.128. The lowest BCUT2D eigenvalue weighted by atomic mass is 9.99. The fraction of sp³-hybridized carbons (Fsp3) is 0.400. The van der Waals surface area contributed by atoms with Crippen molar-refractivity contribution in [1.29, 1.82) is 0 Å². The Balaban J connectivity index is 1.53. The first-order valence-corrected chi connectivity index (χ1v) is 16.6. The first-order chi connectivity index (χ1) is 21.7. The third-order valence-corrected chi connectivity index (χ3v) is 7.71.